The van der Waals surface area contributed by atoms with Crippen molar-refractivity contribution in [1.29, 1.82) is 0 Å². The van der Waals surface area contributed by atoms with E-state index in [1.807, 2.05) is 0 Å². The van der Waals surface area contributed by atoms with E-state index in [1.54, 1.807) is 12.1 Å². The predicted molar refractivity (Wildman–Crippen MR) is 86.0 cm³/mol. The first-order valence-corrected chi connectivity index (χ1v) is 9.29. The molecule has 8 nitrogen and oxygen atoms in total. The number of sulfonamides is 1. The van der Waals surface area contributed by atoms with E-state index in [0.717, 1.165) is 25.9 Å². The third-order valence-corrected chi connectivity index (χ3v) is 4.43. The van der Waals surface area contributed by atoms with Crippen molar-refractivity contribution >= 4 is 15.7 Å². The molecule has 0 aliphatic carbocycles. The summed E-state index contributed by atoms with van der Waals surface area (Å²) in [6.45, 7) is 2.73. The van der Waals surface area contributed by atoms with Crippen LogP contribution in [0.3, 0.4) is 0 Å². The fourth-order valence-corrected chi connectivity index (χ4v) is 3.40. The summed E-state index contributed by atoms with van der Waals surface area (Å²) in [5, 5.41) is 10.7. The standard InChI is InChI=1S/C14H21N3O5S/c1-23(20,21)15-12-5-7-16(8-6-12)9-10-22-14-4-2-3-13(11-14)17(18)19/h2-4,11-12,15H,5-10H2,1H3. The Bertz CT molecular complexity index is 642. The SMILES string of the molecule is CS(=O)(=O)NC1CCN(CCOc2cccc([N+](=O)[O-])c2)CC1. The number of nitrogens with one attached hydrogen (secondary N) is 1. The maximum absolute atomic E-state index is 11.2. The fraction of sp³-hybridized carbons (Fsp3) is 0.571. The first-order valence-electron chi connectivity index (χ1n) is 7.40. The Hall–Kier alpha value is -1.71. The van der Waals surface area contributed by atoms with Crippen molar-refractivity contribution < 1.29 is 18.1 Å². The van der Waals surface area contributed by atoms with Crippen LogP contribution in [0.2, 0.25) is 0 Å². The zero-order valence-electron chi connectivity index (χ0n) is 13.0. The van der Waals surface area contributed by atoms with Gasteiger partial charge in [-0.05, 0) is 32.0 Å². The lowest BCUT2D eigenvalue weighted by Gasteiger charge is -2.31. The Balaban J connectivity index is 1.72. The average molecular weight is 343 g/mol. The van der Waals surface area contributed by atoms with Crippen LogP contribution in [0.5, 0.6) is 5.75 Å². The normalized spacial score (nSPS) is 17.1. The second-order valence-corrected chi connectivity index (χ2v) is 7.39. The van der Waals surface area contributed by atoms with Crippen LogP contribution in [0.15, 0.2) is 24.3 Å². The van der Waals surface area contributed by atoms with Crippen LogP contribution in [-0.2, 0) is 10.0 Å². The molecule has 128 valence electrons. The van der Waals surface area contributed by atoms with E-state index >= 15 is 0 Å². The second-order valence-electron chi connectivity index (χ2n) is 5.61. The number of likely N-dealkylation sites (tertiary alicyclic amines) is 1. The highest BCUT2D eigenvalue weighted by atomic mass is 32.2. The summed E-state index contributed by atoms with van der Waals surface area (Å²) in [6.07, 6.45) is 2.71. The molecular weight excluding hydrogens is 322 g/mol. The van der Waals surface area contributed by atoms with Crippen molar-refractivity contribution in [2.75, 3.05) is 32.5 Å². The van der Waals surface area contributed by atoms with Gasteiger partial charge in [0.2, 0.25) is 10.0 Å². The molecule has 0 amide bonds. The number of nitrogens with zero attached hydrogens (tertiary/aromatic N) is 2. The summed E-state index contributed by atoms with van der Waals surface area (Å²) in [6, 6.07) is 6.11. The molecule has 1 aliphatic rings. The Labute approximate surface area is 135 Å². The van der Waals surface area contributed by atoms with E-state index < -0.39 is 14.9 Å². The summed E-state index contributed by atoms with van der Waals surface area (Å²) in [5.74, 6) is 0.479. The monoisotopic (exact) mass is 343 g/mol. The van der Waals surface area contributed by atoms with Crippen molar-refractivity contribution in [2.24, 2.45) is 0 Å². The van der Waals surface area contributed by atoms with Gasteiger partial charge in [-0.3, -0.25) is 15.0 Å². The van der Waals surface area contributed by atoms with E-state index in [0.29, 0.717) is 18.9 Å². The Morgan fingerprint density at radius 1 is 1.39 bits per heavy atom. The van der Waals surface area contributed by atoms with Crippen molar-refractivity contribution in [2.45, 2.75) is 18.9 Å². The van der Waals surface area contributed by atoms with E-state index in [-0.39, 0.29) is 11.7 Å². The molecule has 0 atom stereocenters. The predicted octanol–water partition coefficient (Wildman–Crippen LogP) is 0.987. The number of rotatable bonds is 7. The van der Waals surface area contributed by atoms with Gasteiger partial charge in [0, 0.05) is 18.7 Å². The number of hydrogen-bond donors (Lipinski definition) is 1. The topological polar surface area (TPSA) is 102 Å². The molecule has 1 aromatic rings. The van der Waals surface area contributed by atoms with Crippen LogP contribution in [0, 0.1) is 10.1 Å². The van der Waals surface area contributed by atoms with Gasteiger partial charge in [-0.15, -0.1) is 0 Å². The summed E-state index contributed by atoms with van der Waals surface area (Å²) < 4.78 is 30.6. The largest absolute Gasteiger partial charge is 0.492 e. The van der Waals surface area contributed by atoms with Crippen LogP contribution < -0.4 is 9.46 Å². The minimum atomic E-state index is -3.15. The van der Waals surface area contributed by atoms with Crippen LogP contribution in [0.4, 0.5) is 5.69 Å². The third kappa shape index (κ3) is 6.12. The van der Waals surface area contributed by atoms with E-state index in [4.69, 9.17) is 4.74 Å². The summed E-state index contributed by atoms with van der Waals surface area (Å²) in [5.41, 5.74) is 0.00941. The smallest absolute Gasteiger partial charge is 0.273 e. The average Bonchev–Trinajstić information content (AvgIpc) is 2.48. The van der Waals surface area contributed by atoms with Gasteiger partial charge >= 0.3 is 0 Å². The van der Waals surface area contributed by atoms with Crippen molar-refractivity contribution in [3.63, 3.8) is 0 Å². The minimum absolute atomic E-state index is 0.000980. The maximum atomic E-state index is 11.2. The maximum Gasteiger partial charge on any atom is 0.273 e. The highest BCUT2D eigenvalue weighted by Crippen LogP contribution is 2.19. The Morgan fingerprint density at radius 3 is 2.70 bits per heavy atom. The zero-order valence-corrected chi connectivity index (χ0v) is 13.8. The number of nitro groups is 1. The lowest BCUT2D eigenvalue weighted by molar-refractivity contribution is -0.384. The minimum Gasteiger partial charge on any atom is -0.492 e. The molecule has 0 saturated carbocycles. The Kier molecular flexibility index (Phi) is 5.91. The van der Waals surface area contributed by atoms with Crippen LogP contribution in [0.25, 0.3) is 0 Å². The van der Waals surface area contributed by atoms with Gasteiger partial charge < -0.3 is 4.74 Å². The summed E-state index contributed by atoms with van der Waals surface area (Å²) in [7, 11) is -3.15. The molecule has 1 aliphatic heterocycles. The molecule has 23 heavy (non-hydrogen) atoms. The van der Waals surface area contributed by atoms with Crippen molar-refractivity contribution in [1.82, 2.24) is 9.62 Å². The van der Waals surface area contributed by atoms with Gasteiger partial charge in [-0.2, -0.15) is 0 Å². The number of piperidine rings is 1. The van der Waals surface area contributed by atoms with Gasteiger partial charge in [0.15, 0.2) is 0 Å². The quantitative estimate of drug-likeness (QED) is 0.585. The van der Waals surface area contributed by atoms with Crippen LogP contribution in [-0.4, -0.2) is 56.8 Å². The van der Waals surface area contributed by atoms with Gasteiger partial charge in [0.1, 0.15) is 12.4 Å². The van der Waals surface area contributed by atoms with Gasteiger partial charge in [0.25, 0.3) is 5.69 Å². The molecule has 0 aromatic heterocycles. The second kappa shape index (κ2) is 7.71. The van der Waals surface area contributed by atoms with Crippen molar-refractivity contribution in [3.8, 4) is 5.75 Å². The van der Waals surface area contributed by atoms with Gasteiger partial charge in [0.05, 0.1) is 17.2 Å². The molecule has 9 heteroatoms. The van der Waals surface area contributed by atoms with E-state index in [9.17, 15) is 18.5 Å². The molecule has 1 N–H and O–H groups in total. The summed E-state index contributed by atoms with van der Waals surface area (Å²) >= 11 is 0. The first-order chi connectivity index (χ1) is 10.8. The molecule has 0 spiro atoms. The lowest BCUT2D eigenvalue weighted by atomic mass is 10.1. The van der Waals surface area contributed by atoms with Gasteiger partial charge in [-0.1, -0.05) is 6.07 Å². The summed E-state index contributed by atoms with van der Waals surface area (Å²) in [4.78, 5) is 12.4. The molecule has 0 radical (unpaired) electrons. The molecule has 0 bridgehead atoms. The number of ether oxygens (including phenoxy) is 1. The van der Waals surface area contributed by atoms with Crippen LogP contribution in [0.1, 0.15) is 12.8 Å². The first kappa shape index (κ1) is 17.6. The van der Waals surface area contributed by atoms with Crippen LogP contribution >= 0.6 is 0 Å². The number of hydrogen-bond acceptors (Lipinski definition) is 6. The molecular formula is C14H21N3O5S. The molecule has 1 fully saturated rings. The van der Waals surface area contributed by atoms with Crippen molar-refractivity contribution in [3.05, 3.63) is 34.4 Å². The number of nitro benzene ring substituents is 1. The lowest BCUT2D eigenvalue weighted by Crippen LogP contribution is -2.45. The molecule has 1 heterocycles. The number of non-ortho nitro benzene ring substituents is 1. The molecule has 0 unspecified atom stereocenters. The highest BCUT2D eigenvalue weighted by molar-refractivity contribution is 7.88. The highest BCUT2D eigenvalue weighted by Gasteiger charge is 2.21. The molecule has 1 aromatic carbocycles. The van der Waals surface area contributed by atoms with E-state index in [1.165, 1.54) is 18.4 Å². The zero-order chi connectivity index (χ0) is 16.9. The number of benzene rings is 1. The Morgan fingerprint density at radius 2 is 2.09 bits per heavy atom. The van der Waals surface area contributed by atoms with Gasteiger partial charge in [-0.25, -0.2) is 13.1 Å². The fourth-order valence-electron chi connectivity index (χ4n) is 2.56. The van der Waals surface area contributed by atoms with E-state index in [2.05, 4.69) is 9.62 Å². The molecule has 2 rings (SSSR count). The molecule has 1 saturated heterocycles. The third-order valence-electron chi connectivity index (χ3n) is 3.67.